The maximum Gasteiger partial charge on any atom is 0.225 e. The largest absolute Gasteiger partial charge is 0.440 e. The summed E-state index contributed by atoms with van der Waals surface area (Å²) in [5.41, 5.74) is 1.55. The lowest BCUT2D eigenvalue weighted by molar-refractivity contribution is -0.128. The van der Waals surface area contributed by atoms with Crippen LogP contribution in [0.2, 0.25) is 5.02 Å². The van der Waals surface area contributed by atoms with Gasteiger partial charge in [0.25, 0.3) is 0 Å². The topological polar surface area (TPSA) is 75.4 Å². The van der Waals surface area contributed by atoms with Gasteiger partial charge in [0.2, 0.25) is 11.8 Å². The molecule has 0 unspecified atom stereocenters. The van der Waals surface area contributed by atoms with Crippen molar-refractivity contribution in [1.29, 1.82) is 0 Å². The molecule has 1 aromatic heterocycles. The van der Waals surface area contributed by atoms with Gasteiger partial charge in [0.15, 0.2) is 11.5 Å². The zero-order valence-corrected chi connectivity index (χ0v) is 15.5. The summed E-state index contributed by atoms with van der Waals surface area (Å²) < 4.78 is 5.88. The van der Waals surface area contributed by atoms with E-state index in [1.54, 1.807) is 18.0 Å². The van der Waals surface area contributed by atoms with Crippen molar-refractivity contribution in [3.63, 3.8) is 0 Å². The number of hydrogen-bond donors (Lipinski definition) is 1. The number of nitrogens with zero attached hydrogens (tertiary/aromatic N) is 2. The fourth-order valence-corrected chi connectivity index (χ4v) is 4.10. The normalized spacial score (nSPS) is 26.5. The maximum atomic E-state index is 12.4. The monoisotopic (exact) mass is 375 g/mol. The molecular formula is C19H22ClN3O3. The number of hydrogen-bond acceptors (Lipinski definition) is 4. The molecule has 1 N–H and O–H groups in total. The molecule has 1 saturated carbocycles. The molecule has 138 valence electrons. The van der Waals surface area contributed by atoms with Crippen molar-refractivity contribution < 1.29 is 14.0 Å². The van der Waals surface area contributed by atoms with E-state index in [2.05, 4.69) is 10.3 Å². The fraction of sp³-hybridized carbons (Fsp3) is 0.526. The van der Waals surface area contributed by atoms with Crippen LogP contribution in [0.15, 0.2) is 22.6 Å². The first-order valence-corrected chi connectivity index (χ1v) is 9.47. The molecule has 0 spiro atoms. The Bertz CT molecular complexity index is 842. The number of halogens is 1. The lowest BCUT2D eigenvalue weighted by Crippen LogP contribution is -2.41. The standard InChI is InChI=1S/C19H22ClN3O3/c1-23-10-12(8-17(23)24)18(25)21-14-5-2-11(3-6-14)19-22-15-9-13(20)4-7-16(15)26-19/h4,7,9,11-12,14H,2-3,5-6,8,10H2,1H3,(H,21,25)/t11?,12-,14?/m1/s1. The minimum Gasteiger partial charge on any atom is -0.440 e. The van der Waals surface area contributed by atoms with Gasteiger partial charge in [-0.2, -0.15) is 0 Å². The number of oxazole rings is 1. The van der Waals surface area contributed by atoms with Crippen molar-refractivity contribution in [1.82, 2.24) is 15.2 Å². The predicted molar refractivity (Wildman–Crippen MR) is 97.9 cm³/mol. The van der Waals surface area contributed by atoms with Gasteiger partial charge in [0.1, 0.15) is 5.52 Å². The van der Waals surface area contributed by atoms with Crippen LogP contribution >= 0.6 is 11.6 Å². The highest BCUT2D eigenvalue weighted by Crippen LogP contribution is 2.34. The number of rotatable bonds is 3. The molecule has 2 aliphatic rings. The molecule has 4 rings (SSSR count). The van der Waals surface area contributed by atoms with Crippen molar-refractivity contribution in [2.45, 2.75) is 44.1 Å². The Hall–Kier alpha value is -2.08. The zero-order valence-electron chi connectivity index (χ0n) is 14.7. The maximum absolute atomic E-state index is 12.4. The predicted octanol–water partition coefficient (Wildman–Crippen LogP) is 3.10. The molecule has 7 heteroatoms. The zero-order chi connectivity index (χ0) is 18.3. The first-order chi connectivity index (χ1) is 12.5. The highest BCUT2D eigenvalue weighted by molar-refractivity contribution is 6.31. The molecule has 1 saturated heterocycles. The van der Waals surface area contributed by atoms with E-state index in [0.717, 1.165) is 42.7 Å². The molecule has 0 radical (unpaired) electrons. The Kier molecular flexibility index (Phi) is 4.61. The van der Waals surface area contributed by atoms with Crippen LogP contribution in [0.25, 0.3) is 11.1 Å². The number of aromatic nitrogens is 1. The molecule has 1 atom stereocenters. The molecule has 1 aliphatic heterocycles. The van der Waals surface area contributed by atoms with Gasteiger partial charge in [0, 0.05) is 37.0 Å². The number of benzene rings is 1. The van der Waals surface area contributed by atoms with E-state index in [-0.39, 0.29) is 29.7 Å². The summed E-state index contributed by atoms with van der Waals surface area (Å²) in [4.78, 5) is 30.2. The van der Waals surface area contributed by atoms with Gasteiger partial charge < -0.3 is 14.6 Å². The van der Waals surface area contributed by atoms with Crippen molar-refractivity contribution in [3.8, 4) is 0 Å². The molecule has 2 fully saturated rings. The van der Waals surface area contributed by atoms with Crippen LogP contribution in [0.1, 0.15) is 43.9 Å². The molecule has 2 heterocycles. The van der Waals surface area contributed by atoms with Crippen LogP contribution in [-0.2, 0) is 9.59 Å². The van der Waals surface area contributed by atoms with Crippen LogP contribution in [0, 0.1) is 5.92 Å². The number of amides is 2. The van der Waals surface area contributed by atoms with Gasteiger partial charge in [-0.15, -0.1) is 0 Å². The third-order valence-corrected chi connectivity index (χ3v) is 5.74. The Labute approximate surface area is 156 Å². The minimum atomic E-state index is -0.216. The average Bonchev–Trinajstić information content (AvgIpc) is 3.19. The van der Waals surface area contributed by atoms with Crippen LogP contribution in [-0.4, -0.2) is 41.3 Å². The van der Waals surface area contributed by atoms with Crippen molar-refractivity contribution in [2.75, 3.05) is 13.6 Å². The van der Waals surface area contributed by atoms with E-state index in [1.165, 1.54) is 0 Å². The molecule has 6 nitrogen and oxygen atoms in total. The van der Waals surface area contributed by atoms with Crippen molar-refractivity contribution in [3.05, 3.63) is 29.1 Å². The molecule has 26 heavy (non-hydrogen) atoms. The first kappa shape index (κ1) is 17.3. The summed E-state index contributed by atoms with van der Waals surface area (Å²) in [6.45, 7) is 0.519. The fourth-order valence-electron chi connectivity index (χ4n) is 3.94. The summed E-state index contributed by atoms with van der Waals surface area (Å²) in [5, 5.41) is 3.77. The summed E-state index contributed by atoms with van der Waals surface area (Å²) >= 11 is 6.01. The van der Waals surface area contributed by atoms with Crippen LogP contribution < -0.4 is 5.32 Å². The van der Waals surface area contributed by atoms with E-state index >= 15 is 0 Å². The molecule has 2 amide bonds. The van der Waals surface area contributed by atoms with Gasteiger partial charge >= 0.3 is 0 Å². The first-order valence-electron chi connectivity index (χ1n) is 9.10. The van der Waals surface area contributed by atoms with Crippen LogP contribution in [0.4, 0.5) is 0 Å². The number of carbonyl (C=O) groups is 2. The summed E-state index contributed by atoms with van der Waals surface area (Å²) in [6, 6.07) is 5.63. The van der Waals surface area contributed by atoms with Gasteiger partial charge in [-0.25, -0.2) is 4.98 Å². The average molecular weight is 376 g/mol. The highest BCUT2D eigenvalue weighted by atomic mass is 35.5. The van der Waals surface area contributed by atoms with E-state index < -0.39 is 0 Å². The van der Waals surface area contributed by atoms with E-state index in [0.29, 0.717) is 18.0 Å². The molecule has 2 aromatic rings. The third kappa shape index (κ3) is 3.43. The van der Waals surface area contributed by atoms with Crippen LogP contribution in [0.5, 0.6) is 0 Å². The molecule has 1 aliphatic carbocycles. The van der Waals surface area contributed by atoms with Crippen LogP contribution in [0.3, 0.4) is 0 Å². The smallest absolute Gasteiger partial charge is 0.225 e. The number of likely N-dealkylation sites (tertiary alicyclic amines) is 1. The Balaban J connectivity index is 1.33. The van der Waals surface area contributed by atoms with E-state index in [9.17, 15) is 9.59 Å². The molecular weight excluding hydrogens is 354 g/mol. The quantitative estimate of drug-likeness (QED) is 0.894. The lowest BCUT2D eigenvalue weighted by atomic mass is 9.85. The minimum absolute atomic E-state index is 0.00246. The number of nitrogens with one attached hydrogen (secondary N) is 1. The second kappa shape index (κ2) is 6.91. The Morgan fingerprint density at radius 3 is 2.77 bits per heavy atom. The Morgan fingerprint density at radius 1 is 1.31 bits per heavy atom. The summed E-state index contributed by atoms with van der Waals surface area (Å²) in [7, 11) is 1.74. The van der Waals surface area contributed by atoms with Gasteiger partial charge in [-0.1, -0.05) is 11.6 Å². The lowest BCUT2D eigenvalue weighted by Gasteiger charge is -2.28. The molecule has 1 aromatic carbocycles. The van der Waals surface area contributed by atoms with Gasteiger partial charge in [0.05, 0.1) is 5.92 Å². The van der Waals surface area contributed by atoms with Gasteiger partial charge in [-0.3, -0.25) is 9.59 Å². The van der Waals surface area contributed by atoms with Gasteiger partial charge in [-0.05, 0) is 43.9 Å². The Morgan fingerprint density at radius 2 is 2.08 bits per heavy atom. The second-order valence-corrected chi connectivity index (χ2v) is 7.83. The third-order valence-electron chi connectivity index (χ3n) is 5.50. The number of carbonyl (C=O) groups excluding carboxylic acids is 2. The summed E-state index contributed by atoms with van der Waals surface area (Å²) in [5.74, 6) is 0.864. The highest BCUT2D eigenvalue weighted by Gasteiger charge is 2.34. The van der Waals surface area contributed by atoms with E-state index in [1.807, 2.05) is 12.1 Å². The summed E-state index contributed by atoms with van der Waals surface area (Å²) in [6.07, 6.45) is 3.96. The van der Waals surface area contributed by atoms with Crippen molar-refractivity contribution in [2.24, 2.45) is 5.92 Å². The molecule has 0 bridgehead atoms. The number of fused-ring (bicyclic) bond motifs is 1. The second-order valence-electron chi connectivity index (χ2n) is 7.40. The van der Waals surface area contributed by atoms with E-state index in [4.69, 9.17) is 16.0 Å². The SMILES string of the molecule is CN1C[C@H](C(=O)NC2CCC(c3nc4cc(Cl)ccc4o3)CC2)CC1=O. The van der Waals surface area contributed by atoms with Crippen molar-refractivity contribution >= 4 is 34.5 Å².